The number of aromatic nitrogens is 2. The Labute approximate surface area is 142 Å². The van der Waals surface area contributed by atoms with Gasteiger partial charge in [-0.2, -0.15) is 21.7 Å². The van der Waals surface area contributed by atoms with Crippen molar-refractivity contribution in [3.63, 3.8) is 0 Å². The number of nitrogens with zero attached hydrogens (tertiary/aromatic N) is 3. The van der Waals surface area contributed by atoms with Crippen LogP contribution in [0.3, 0.4) is 0 Å². The highest BCUT2D eigenvalue weighted by Gasteiger charge is 2.19. The minimum absolute atomic E-state index is 0.0212. The predicted octanol–water partition coefficient (Wildman–Crippen LogP) is 2.26. The number of methoxy groups -OCH3 is 2. The van der Waals surface area contributed by atoms with Gasteiger partial charge in [-0.15, -0.1) is 6.58 Å². The van der Waals surface area contributed by atoms with Crippen molar-refractivity contribution in [2.24, 2.45) is 0 Å². The molecule has 23 heavy (non-hydrogen) atoms. The lowest BCUT2D eigenvalue weighted by Gasteiger charge is -2.30. The van der Waals surface area contributed by atoms with Gasteiger partial charge in [0.1, 0.15) is 6.10 Å². The first-order chi connectivity index (χ1) is 11.2. The molecule has 1 aliphatic heterocycles. The summed E-state index contributed by atoms with van der Waals surface area (Å²) < 4.78 is 16.4. The first-order valence-electron chi connectivity index (χ1n) is 7.80. The molecule has 0 aliphatic carbocycles. The number of hydrogen-bond acceptors (Lipinski definition) is 7. The lowest BCUT2D eigenvalue weighted by Crippen LogP contribution is -2.40. The number of ether oxygens (including phenoxy) is 3. The van der Waals surface area contributed by atoms with Crippen molar-refractivity contribution < 1.29 is 14.2 Å². The van der Waals surface area contributed by atoms with Gasteiger partial charge in [0.25, 0.3) is 0 Å². The van der Waals surface area contributed by atoms with Crippen LogP contribution in [0.1, 0.15) is 12.8 Å². The minimum atomic E-state index is 0.0212. The SMILES string of the molecule is C=CCC[C@H](CN1CCSCC1)Oc1nc(OC)cc(OC)n1. The Kier molecular flexibility index (Phi) is 7.48. The van der Waals surface area contributed by atoms with E-state index in [1.165, 1.54) is 11.5 Å². The fourth-order valence-electron chi connectivity index (χ4n) is 2.36. The summed E-state index contributed by atoms with van der Waals surface area (Å²) >= 11 is 2.00. The molecule has 7 heteroatoms. The molecule has 1 aromatic rings. The average molecular weight is 339 g/mol. The second-order valence-corrected chi connectivity index (χ2v) is 6.48. The molecule has 2 heterocycles. The largest absolute Gasteiger partial charge is 0.481 e. The van der Waals surface area contributed by atoms with E-state index in [1.54, 1.807) is 20.3 Å². The van der Waals surface area contributed by atoms with Crippen molar-refractivity contribution in [2.75, 3.05) is 45.4 Å². The zero-order chi connectivity index (χ0) is 16.5. The monoisotopic (exact) mass is 339 g/mol. The van der Waals surface area contributed by atoms with Gasteiger partial charge in [0, 0.05) is 31.1 Å². The number of allylic oxidation sites excluding steroid dienone is 1. The van der Waals surface area contributed by atoms with E-state index < -0.39 is 0 Å². The van der Waals surface area contributed by atoms with Crippen LogP contribution < -0.4 is 14.2 Å². The first kappa shape index (κ1) is 17.9. The molecule has 1 aromatic heterocycles. The molecule has 0 N–H and O–H groups in total. The van der Waals surface area contributed by atoms with Crippen molar-refractivity contribution in [3.8, 4) is 17.8 Å². The van der Waals surface area contributed by atoms with Crippen LogP contribution in [0.25, 0.3) is 0 Å². The topological polar surface area (TPSA) is 56.7 Å². The van der Waals surface area contributed by atoms with Crippen LogP contribution in [0.15, 0.2) is 18.7 Å². The Hall–Kier alpha value is -1.47. The molecule has 2 rings (SSSR count). The van der Waals surface area contributed by atoms with Crippen LogP contribution in [0.4, 0.5) is 0 Å². The van der Waals surface area contributed by atoms with Gasteiger partial charge in [-0.05, 0) is 12.8 Å². The van der Waals surface area contributed by atoms with E-state index in [0.29, 0.717) is 17.8 Å². The van der Waals surface area contributed by atoms with E-state index in [2.05, 4.69) is 21.4 Å². The standard InChI is InChI=1S/C16H25N3O3S/c1-4-5-6-13(12-19-7-9-23-10-8-19)22-16-17-14(20-2)11-15(18-16)21-3/h4,11,13H,1,5-10,12H2,2-3H3/t13-/m1/s1. The van der Waals surface area contributed by atoms with Crippen LogP contribution in [0.2, 0.25) is 0 Å². The molecular weight excluding hydrogens is 314 g/mol. The molecule has 1 saturated heterocycles. The number of thioether (sulfide) groups is 1. The van der Waals surface area contributed by atoms with E-state index in [9.17, 15) is 0 Å². The van der Waals surface area contributed by atoms with Gasteiger partial charge in [-0.1, -0.05) is 6.08 Å². The molecule has 128 valence electrons. The molecule has 1 aliphatic rings. The highest BCUT2D eigenvalue weighted by Crippen LogP contribution is 2.21. The van der Waals surface area contributed by atoms with Crippen LogP contribution in [-0.4, -0.2) is 66.3 Å². The zero-order valence-corrected chi connectivity index (χ0v) is 14.7. The number of rotatable bonds is 9. The highest BCUT2D eigenvalue weighted by molar-refractivity contribution is 7.99. The normalized spacial score (nSPS) is 16.6. The van der Waals surface area contributed by atoms with Crippen LogP contribution in [-0.2, 0) is 0 Å². The van der Waals surface area contributed by atoms with E-state index >= 15 is 0 Å². The first-order valence-corrected chi connectivity index (χ1v) is 8.95. The molecule has 6 nitrogen and oxygen atoms in total. The fourth-order valence-corrected chi connectivity index (χ4v) is 3.34. The molecule has 1 atom stereocenters. The Morgan fingerprint density at radius 1 is 1.26 bits per heavy atom. The van der Waals surface area contributed by atoms with Crippen molar-refractivity contribution in [1.29, 1.82) is 0 Å². The van der Waals surface area contributed by atoms with E-state index in [4.69, 9.17) is 14.2 Å². The van der Waals surface area contributed by atoms with Crippen molar-refractivity contribution in [3.05, 3.63) is 18.7 Å². The quantitative estimate of drug-likeness (QED) is 0.640. The van der Waals surface area contributed by atoms with Crippen LogP contribution in [0, 0.1) is 0 Å². The summed E-state index contributed by atoms with van der Waals surface area (Å²) in [5.41, 5.74) is 0. The molecule has 0 amide bonds. The van der Waals surface area contributed by atoms with E-state index in [0.717, 1.165) is 32.5 Å². The van der Waals surface area contributed by atoms with Gasteiger partial charge >= 0.3 is 6.01 Å². The van der Waals surface area contributed by atoms with Gasteiger partial charge in [0.2, 0.25) is 11.8 Å². The van der Waals surface area contributed by atoms with Crippen molar-refractivity contribution >= 4 is 11.8 Å². The lowest BCUT2D eigenvalue weighted by atomic mass is 10.2. The van der Waals surface area contributed by atoms with Gasteiger partial charge in [0.05, 0.1) is 20.3 Å². The third-order valence-electron chi connectivity index (χ3n) is 3.61. The van der Waals surface area contributed by atoms with Crippen LogP contribution >= 0.6 is 11.8 Å². The molecule has 0 saturated carbocycles. The molecule has 0 bridgehead atoms. The summed E-state index contributed by atoms with van der Waals surface area (Å²) in [4.78, 5) is 10.9. The highest BCUT2D eigenvalue weighted by atomic mass is 32.2. The maximum Gasteiger partial charge on any atom is 0.323 e. The maximum absolute atomic E-state index is 6.03. The summed E-state index contributed by atoms with van der Waals surface area (Å²) in [6.07, 6.45) is 3.72. The molecule has 1 fully saturated rings. The van der Waals surface area contributed by atoms with E-state index in [1.807, 2.05) is 17.8 Å². The second kappa shape index (κ2) is 9.62. The zero-order valence-electron chi connectivity index (χ0n) is 13.9. The maximum atomic E-state index is 6.03. The van der Waals surface area contributed by atoms with Gasteiger partial charge in [-0.25, -0.2) is 0 Å². The lowest BCUT2D eigenvalue weighted by molar-refractivity contribution is 0.120. The Morgan fingerprint density at radius 3 is 2.48 bits per heavy atom. The summed E-state index contributed by atoms with van der Waals surface area (Å²) in [5, 5.41) is 0. The summed E-state index contributed by atoms with van der Waals surface area (Å²) in [6, 6.07) is 1.93. The van der Waals surface area contributed by atoms with Gasteiger partial charge in [0.15, 0.2) is 0 Å². The fraction of sp³-hybridized carbons (Fsp3) is 0.625. The van der Waals surface area contributed by atoms with Crippen molar-refractivity contribution in [2.45, 2.75) is 18.9 Å². The van der Waals surface area contributed by atoms with Gasteiger partial charge < -0.3 is 14.2 Å². The average Bonchev–Trinajstić information content (AvgIpc) is 2.60. The third-order valence-corrected chi connectivity index (χ3v) is 4.55. The third kappa shape index (κ3) is 5.91. The molecule has 0 spiro atoms. The molecule has 0 radical (unpaired) electrons. The summed E-state index contributed by atoms with van der Waals surface area (Å²) in [6.45, 7) is 6.87. The summed E-state index contributed by atoms with van der Waals surface area (Å²) in [5.74, 6) is 3.22. The molecule has 0 aromatic carbocycles. The van der Waals surface area contributed by atoms with Crippen molar-refractivity contribution in [1.82, 2.24) is 14.9 Å². The Morgan fingerprint density at radius 2 is 1.91 bits per heavy atom. The summed E-state index contributed by atoms with van der Waals surface area (Å²) in [7, 11) is 3.12. The van der Waals surface area contributed by atoms with Gasteiger partial charge in [-0.3, -0.25) is 4.90 Å². The smallest absolute Gasteiger partial charge is 0.323 e. The minimum Gasteiger partial charge on any atom is -0.481 e. The molecule has 0 unspecified atom stereocenters. The second-order valence-electron chi connectivity index (χ2n) is 5.25. The van der Waals surface area contributed by atoms with E-state index in [-0.39, 0.29) is 6.10 Å². The predicted molar refractivity (Wildman–Crippen MR) is 92.7 cm³/mol. The van der Waals surface area contributed by atoms with Crippen LogP contribution in [0.5, 0.6) is 17.8 Å². The Balaban J connectivity index is 2.04. The Bertz CT molecular complexity index is 473. The molecular formula is C16H25N3O3S. The number of hydrogen-bond donors (Lipinski definition) is 0.